The summed E-state index contributed by atoms with van der Waals surface area (Å²) in [5.41, 5.74) is -0.526. The van der Waals surface area contributed by atoms with Crippen molar-refractivity contribution in [3.8, 4) is 0 Å². The van der Waals surface area contributed by atoms with Gasteiger partial charge in [0, 0.05) is 25.2 Å². The predicted molar refractivity (Wildman–Crippen MR) is 67.5 cm³/mol. The lowest BCUT2D eigenvalue weighted by Gasteiger charge is -2.30. The largest absolute Gasteiger partial charge is 0.444 e. The summed E-state index contributed by atoms with van der Waals surface area (Å²) >= 11 is 0. The maximum absolute atomic E-state index is 11.9. The summed E-state index contributed by atoms with van der Waals surface area (Å²) in [6, 6.07) is -0.112. The number of amides is 1. The van der Waals surface area contributed by atoms with Crippen LogP contribution in [0.1, 0.15) is 34.1 Å². The third-order valence-corrected chi connectivity index (χ3v) is 2.01. The molecule has 0 bridgehead atoms. The molecule has 0 aliphatic rings. The van der Waals surface area contributed by atoms with E-state index in [4.69, 9.17) is 9.94 Å². The summed E-state index contributed by atoms with van der Waals surface area (Å²) in [7, 11) is 0. The second kappa shape index (κ2) is 6.93. The fourth-order valence-corrected chi connectivity index (χ4v) is 1.22. The second-order valence-electron chi connectivity index (χ2n) is 4.80. The fraction of sp³-hybridized carbons (Fsp3) is 0.667. The van der Waals surface area contributed by atoms with E-state index in [0.717, 1.165) is 0 Å². The first-order valence-electron chi connectivity index (χ1n) is 5.58. The first-order chi connectivity index (χ1) is 7.81. The van der Waals surface area contributed by atoms with E-state index >= 15 is 0 Å². The number of carbonyl (C=O) groups is 1. The van der Waals surface area contributed by atoms with Crippen molar-refractivity contribution < 1.29 is 14.7 Å². The lowest BCUT2D eigenvalue weighted by atomic mass is 10.2. The zero-order valence-electron chi connectivity index (χ0n) is 11.0. The van der Waals surface area contributed by atoms with E-state index in [-0.39, 0.29) is 6.04 Å². The Morgan fingerprint density at radius 2 is 2.18 bits per heavy atom. The van der Waals surface area contributed by atoms with Crippen molar-refractivity contribution in [1.82, 2.24) is 4.90 Å². The van der Waals surface area contributed by atoms with E-state index in [1.165, 1.54) is 6.21 Å². The monoisotopic (exact) mass is 242 g/mol. The maximum Gasteiger partial charge on any atom is 0.410 e. The third-order valence-electron chi connectivity index (χ3n) is 2.01. The summed E-state index contributed by atoms with van der Waals surface area (Å²) < 4.78 is 5.29. The molecule has 0 aromatic carbocycles. The molecular formula is C12H22N2O3. The van der Waals surface area contributed by atoms with Gasteiger partial charge in [-0.15, -0.1) is 11.7 Å². The zero-order valence-corrected chi connectivity index (χ0v) is 11.0. The van der Waals surface area contributed by atoms with Crippen LogP contribution in [-0.2, 0) is 4.74 Å². The molecule has 1 N–H and O–H groups in total. The Kier molecular flexibility index (Phi) is 6.31. The number of hydrogen-bond acceptors (Lipinski definition) is 4. The molecule has 1 unspecified atom stereocenters. The second-order valence-corrected chi connectivity index (χ2v) is 4.80. The number of nitrogens with zero attached hydrogens (tertiary/aromatic N) is 2. The van der Waals surface area contributed by atoms with Crippen molar-refractivity contribution >= 4 is 12.3 Å². The van der Waals surface area contributed by atoms with Gasteiger partial charge in [0.15, 0.2) is 0 Å². The van der Waals surface area contributed by atoms with Crippen LogP contribution in [0, 0.1) is 0 Å². The summed E-state index contributed by atoms with van der Waals surface area (Å²) in [5.74, 6) is 0. The van der Waals surface area contributed by atoms with Crippen molar-refractivity contribution in [2.45, 2.75) is 45.8 Å². The van der Waals surface area contributed by atoms with E-state index in [2.05, 4.69) is 11.7 Å². The van der Waals surface area contributed by atoms with Crippen LogP contribution in [-0.4, -0.2) is 40.6 Å². The molecule has 0 rings (SSSR count). The molecule has 5 nitrogen and oxygen atoms in total. The molecule has 0 saturated carbocycles. The quantitative estimate of drug-likeness (QED) is 0.349. The highest BCUT2D eigenvalue weighted by atomic mass is 16.6. The van der Waals surface area contributed by atoms with E-state index in [1.54, 1.807) is 11.0 Å². The first-order valence-corrected chi connectivity index (χ1v) is 5.58. The van der Waals surface area contributed by atoms with Gasteiger partial charge in [0.25, 0.3) is 0 Å². The first kappa shape index (κ1) is 15.5. The molecule has 0 fully saturated rings. The Morgan fingerprint density at radius 3 is 2.59 bits per heavy atom. The van der Waals surface area contributed by atoms with Gasteiger partial charge in [-0.25, -0.2) is 4.79 Å². The van der Waals surface area contributed by atoms with Gasteiger partial charge in [-0.1, -0.05) is 6.08 Å². The van der Waals surface area contributed by atoms with Crippen LogP contribution >= 0.6 is 0 Å². The van der Waals surface area contributed by atoms with Gasteiger partial charge in [-0.3, -0.25) is 0 Å². The van der Waals surface area contributed by atoms with Gasteiger partial charge in [0.2, 0.25) is 0 Å². The minimum atomic E-state index is -0.526. The van der Waals surface area contributed by atoms with Gasteiger partial charge in [-0.05, 0) is 27.7 Å². The SMILES string of the molecule is C=CCN(C(=O)OC(C)(C)C)C(C)C/C=N/O. The minimum Gasteiger partial charge on any atom is -0.444 e. The van der Waals surface area contributed by atoms with Crippen molar-refractivity contribution in [3.05, 3.63) is 12.7 Å². The molecule has 1 atom stereocenters. The molecule has 17 heavy (non-hydrogen) atoms. The number of oxime groups is 1. The Morgan fingerprint density at radius 1 is 1.59 bits per heavy atom. The van der Waals surface area contributed by atoms with E-state index in [9.17, 15) is 4.79 Å². The van der Waals surface area contributed by atoms with Gasteiger partial charge < -0.3 is 14.8 Å². The lowest BCUT2D eigenvalue weighted by Crippen LogP contribution is -2.42. The van der Waals surface area contributed by atoms with Crippen LogP contribution in [0.2, 0.25) is 0 Å². The topological polar surface area (TPSA) is 62.1 Å². The Hall–Kier alpha value is -1.52. The van der Waals surface area contributed by atoms with Crippen molar-refractivity contribution in [3.63, 3.8) is 0 Å². The third kappa shape index (κ3) is 6.60. The number of ether oxygens (including phenoxy) is 1. The minimum absolute atomic E-state index is 0.112. The van der Waals surface area contributed by atoms with Crippen LogP contribution in [0.4, 0.5) is 4.79 Å². The van der Waals surface area contributed by atoms with Crippen molar-refractivity contribution in [2.75, 3.05) is 6.54 Å². The zero-order chi connectivity index (χ0) is 13.5. The molecule has 98 valence electrons. The molecule has 0 radical (unpaired) electrons. The highest BCUT2D eigenvalue weighted by molar-refractivity contribution is 5.69. The van der Waals surface area contributed by atoms with Crippen LogP contribution < -0.4 is 0 Å². The Labute approximate surface area is 103 Å². The molecule has 0 spiro atoms. The Balaban J connectivity index is 4.60. The van der Waals surface area contributed by atoms with Crippen LogP contribution in [0.15, 0.2) is 17.8 Å². The van der Waals surface area contributed by atoms with Crippen molar-refractivity contribution in [2.24, 2.45) is 5.16 Å². The normalized spacial score (nSPS) is 13.4. The van der Waals surface area contributed by atoms with Gasteiger partial charge >= 0.3 is 6.09 Å². The molecule has 5 heteroatoms. The average molecular weight is 242 g/mol. The molecule has 0 aromatic rings. The molecule has 0 aromatic heterocycles. The van der Waals surface area contributed by atoms with Crippen LogP contribution in [0.3, 0.4) is 0 Å². The van der Waals surface area contributed by atoms with Crippen molar-refractivity contribution in [1.29, 1.82) is 0 Å². The average Bonchev–Trinajstić information content (AvgIpc) is 2.19. The molecule has 1 amide bonds. The number of hydrogen-bond donors (Lipinski definition) is 1. The molecule has 0 aliphatic heterocycles. The molecular weight excluding hydrogens is 220 g/mol. The highest BCUT2D eigenvalue weighted by Crippen LogP contribution is 2.13. The summed E-state index contributed by atoms with van der Waals surface area (Å²) in [6.45, 7) is 11.3. The number of carbonyl (C=O) groups excluding carboxylic acids is 1. The van der Waals surface area contributed by atoms with Crippen LogP contribution in [0.25, 0.3) is 0 Å². The van der Waals surface area contributed by atoms with E-state index in [1.807, 2.05) is 27.7 Å². The van der Waals surface area contributed by atoms with Gasteiger partial charge in [-0.2, -0.15) is 0 Å². The molecule has 0 saturated heterocycles. The summed E-state index contributed by atoms with van der Waals surface area (Å²) in [4.78, 5) is 13.4. The smallest absolute Gasteiger partial charge is 0.410 e. The van der Waals surface area contributed by atoms with E-state index in [0.29, 0.717) is 13.0 Å². The lowest BCUT2D eigenvalue weighted by molar-refractivity contribution is 0.0208. The van der Waals surface area contributed by atoms with Crippen LogP contribution in [0.5, 0.6) is 0 Å². The summed E-state index contributed by atoms with van der Waals surface area (Å²) in [6.07, 6.45) is 3.06. The maximum atomic E-state index is 11.9. The van der Waals surface area contributed by atoms with E-state index < -0.39 is 11.7 Å². The highest BCUT2D eigenvalue weighted by Gasteiger charge is 2.24. The standard InChI is InChI=1S/C12H22N2O3/c1-6-9-14(10(2)7-8-13-16)11(15)17-12(3,4)5/h6,8,10,16H,1,7,9H2,2-5H3/b13-8+. The fourth-order valence-electron chi connectivity index (χ4n) is 1.22. The van der Waals surface area contributed by atoms with Gasteiger partial charge in [0.1, 0.15) is 5.60 Å². The summed E-state index contributed by atoms with van der Waals surface area (Å²) in [5, 5.41) is 11.3. The molecule has 0 aliphatic carbocycles. The number of rotatable bonds is 5. The molecule has 0 heterocycles. The Bertz CT molecular complexity index is 282. The van der Waals surface area contributed by atoms with Gasteiger partial charge in [0.05, 0.1) is 0 Å². The predicted octanol–water partition coefficient (Wildman–Crippen LogP) is 2.65.